The van der Waals surface area contributed by atoms with E-state index in [0.717, 1.165) is 42.1 Å². The SMILES string of the molecule is C[C@H](CO)N1C[C@H](C)[C@@H](CN(C)C(=O)NC2CCCCC2)Oc2ccc(NC(=O)Cc3cn(C)c4ccccc34)cc2CC1=O. The van der Waals surface area contributed by atoms with E-state index >= 15 is 0 Å². The average Bonchev–Trinajstić information content (AvgIpc) is 3.36. The summed E-state index contributed by atoms with van der Waals surface area (Å²) in [5, 5.41) is 17.2. The molecule has 0 unspecified atom stereocenters. The molecule has 1 saturated carbocycles. The molecule has 3 N–H and O–H groups in total. The summed E-state index contributed by atoms with van der Waals surface area (Å²) in [6.07, 6.45) is 7.32. The average molecular weight is 618 g/mol. The van der Waals surface area contributed by atoms with Crippen molar-refractivity contribution >= 4 is 34.4 Å². The zero-order valence-corrected chi connectivity index (χ0v) is 26.9. The van der Waals surface area contributed by atoms with Crippen molar-refractivity contribution < 1.29 is 24.2 Å². The van der Waals surface area contributed by atoms with Crippen molar-refractivity contribution in [3.63, 3.8) is 0 Å². The molecule has 0 saturated heterocycles. The fourth-order valence-corrected chi connectivity index (χ4v) is 6.55. The second-order valence-electron chi connectivity index (χ2n) is 12.9. The van der Waals surface area contributed by atoms with Gasteiger partial charge in [0.25, 0.3) is 0 Å². The first-order valence-electron chi connectivity index (χ1n) is 16.2. The Kier molecular flexibility index (Phi) is 10.3. The van der Waals surface area contributed by atoms with Crippen molar-refractivity contribution in [3.8, 4) is 5.75 Å². The summed E-state index contributed by atoms with van der Waals surface area (Å²) < 4.78 is 8.59. The van der Waals surface area contributed by atoms with Crippen LogP contribution in [0.5, 0.6) is 5.75 Å². The number of carbonyl (C=O) groups is 3. The van der Waals surface area contributed by atoms with Crippen LogP contribution in [-0.4, -0.2) is 82.3 Å². The highest BCUT2D eigenvalue weighted by Gasteiger charge is 2.32. The van der Waals surface area contributed by atoms with Crippen LogP contribution in [0.3, 0.4) is 0 Å². The van der Waals surface area contributed by atoms with E-state index in [4.69, 9.17) is 4.74 Å². The number of ether oxygens (including phenoxy) is 1. The van der Waals surface area contributed by atoms with Crippen molar-refractivity contribution in [3.05, 3.63) is 59.8 Å². The van der Waals surface area contributed by atoms with Gasteiger partial charge in [-0.1, -0.05) is 44.4 Å². The van der Waals surface area contributed by atoms with Crippen LogP contribution in [0.4, 0.5) is 10.5 Å². The third kappa shape index (κ3) is 7.79. The van der Waals surface area contributed by atoms with Crippen molar-refractivity contribution in [1.82, 2.24) is 19.7 Å². The smallest absolute Gasteiger partial charge is 0.317 e. The summed E-state index contributed by atoms with van der Waals surface area (Å²) in [5.74, 6) is 0.136. The number of hydrogen-bond acceptors (Lipinski definition) is 5. The van der Waals surface area contributed by atoms with Gasteiger partial charge in [-0.2, -0.15) is 0 Å². The maximum atomic E-state index is 13.6. The number of hydrogen-bond donors (Lipinski definition) is 3. The molecular formula is C35H47N5O5. The van der Waals surface area contributed by atoms with Crippen LogP contribution in [0.15, 0.2) is 48.7 Å². The molecule has 2 aliphatic rings. The highest BCUT2D eigenvalue weighted by atomic mass is 16.5. The molecule has 4 amide bonds. The molecule has 0 spiro atoms. The normalized spacial score (nSPS) is 19.9. The van der Waals surface area contributed by atoms with Gasteiger partial charge >= 0.3 is 6.03 Å². The molecule has 0 radical (unpaired) electrons. The molecule has 3 aromatic rings. The topological polar surface area (TPSA) is 116 Å². The molecule has 1 aromatic heterocycles. The van der Waals surface area contributed by atoms with Crippen molar-refractivity contribution in [1.29, 1.82) is 0 Å². The molecule has 5 rings (SSSR count). The van der Waals surface area contributed by atoms with Crippen LogP contribution in [0.1, 0.15) is 57.1 Å². The number of carbonyl (C=O) groups excluding carboxylic acids is 3. The fraction of sp³-hybridized carbons (Fsp3) is 0.514. The number of aromatic nitrogens is 1. The number of rotatable bonds is 8. The summed E-state index contributed by atoms with van der Waals surface area (Å²) in [6.45, 7) is 4.39. The number of para-hydroxylation sites is 1. The largest absolute Gasteiger partial charge is 0.488 e. The predicted molar refractivity (Wildman–Crippen MR) is 175 cm³/mol. The zero-order valence-electron chi connectivity index (χ0n) is 26.9. The molecular weight excluding hydrogens is 570 g/mol. The van der Waals surface area contributed by atoms with Crippen molar-refractivity contribution in [2.24, 2.45) is 13.0 Å². The Morgan fingerprint density at radius 1 is 1.13 bits per heavy atom. The van der Waals surface area contributed by atoms with E-state index in [1.54, 1.807) is 35.0 Å². The van der Waals surface area contributed by atoms with Crippen LogP contribution in [0.25, 0.3) is 10.9 Å². The number of benzene rings is 2. The summed E-state index contributed by atoms with van der Waals surface area (Å²) >= 11 is 0. The molecule has 2 heterocycles. The van der Waals surface area contributed by atoms with Gasteiger partial charge in [0.1, 0.15) is 11.9 Å². The van der Waals surface area contributed by atoms with Gasteiger partial charge in [0.05, 0.1) is 32.0 Å². The van der Waals surface area contributed by atoms with E-state index in [2.05, 4.69) is 10.6 Å². The number of anilines is 1. The van der Waals surface area contributed by atoms with Crippen LogP contribution in [0.2, 0.25) is 0 Å². The van der Waals surface area contributed by atoms with E-state index in [0.29, 0.717) is 30.1 Å². The second-order valence-corrected chi connectivity index (χ2v) is 12.9. The van der Waals surface area contributed by atoms with E-state index in [9.17, 15) is 19.5 Å². The van der Waals surface area contributed by atoms with Gasteiger partial charge in [-0.25, -0.2) is 4.79 Å². The minimum absolute atomic E-state index is 0.0597. The van der Waals surface area contributed by atoms with Gasteiger partial charge < -0.3 is 34.8 Å². The van der Waals surface area contributed by atoms with Gasteiger partial charge in [0, 0.05) is 61.0 Å². The number of aliphatic hydroxyl groups excluding tert-OH is 1. The number of urea groups is 1. The van der Waals surface area contributed by atoms with Crippen LogP contribution in [0, 0.1) is 5.92 Å². The second kappa shape index (κ2) is 14.4. The third-order valence-electron chi connectivity index (χ3n) is 9.26. The Bertz CT molecular complexity index is 1510. The molecule has 1 fully saturated rings. The minimum atomic E-state index is -0.406. The van der Waals surface area contributed by atoms with Crippen LogP contribution < -0.4 is 15.4 Å². The van der Waals surface area contributed by atoms with Gasteiger partial charge in [0.15, 0.2) is 0 Å². The Hall–Kier alpha value is -4.05. The van der Waals surface area contributed by atoms with E-state index in [-0.39, 0.29) is 55.3 Å². The Labute approximate surface area is 265 Å². The summed E-state index contributed by atoms with van der Waals surface area (Å²) in [5.41, 5.74) is 3.22. The lowest BCUT2D eigenvalue weighted by molar-refractivity contribution is -0.134. The lowest BCUT2D eigenvalue weighted by Crippen LogP contribution is -2.50. The number of likely N-dealkylation sites (N-methyl/N-ethyl adjacent to an activating group) is 1. The molecule has 3 atom stereocenters. The number of nitrogens with one attached hydrogen (secondary N) is 2. The van der Waals surface area contributed by atoms with Gasteiger partial charge in [-0.15, -0.1) is 0 Å². The fourth-order valence-electron chi connectivity index (χ4n) is 6.55. The lowest BCUT2D eigenvalue weighted by atomic mass is 9.96. The zero-order chi connectivity index (χ0) is 32.1. The lowest BCUT2D eigenvalue weighted by Gasteiger charge is -2.34. The van der Waals surface area contributed by atoms with Crippen LogP contribution >= 0.6 is 0 Å². The number of fused-ring (bicyclic) bond motifs is 2. The highest BCUT2D eigenvalue weighted by molar-refractivity contribution is 5.96. The molecule has 45 heavy (non-hydrogen) atoms. The van der Waals surface area contributed by atoms with Gasteiger partial charge in [-0.3, -0.25) is 9.59 Å². The van der Waals surface area contributed by atoms with E-state index in [1.165, 1.54) is 6.42 Å². The molecule has 2 aromatic carbocycles. The van der Waals surface area contributed by atoms with Crippen LogP contribution in [-0.2, 0) is 29.5 Å². The van der Waals surface area contributed by atoms with Gasteiger partial charge in [0.2, 0.25) is 11.8 Å². The highest BCUT2D eigenvalue weighted by Crippen LogP contribution is 2.30. The minimum Gasteiger partial charge on any atom is -0.488 e. The Morgan fingerprint density at radius 3 is 2.64 bits per heavy atom. The maximum absolute atomic E-state index is 13.6. The Balaban J connectivity index is 1.34. The molecule has 1 aliphatic carbocycles. The molecule has 10 heteroatoms. The van der Waals surface area contributed by atoms with E-state index in [1.807, 2.05) is 55.9 Å². The third-order valence-corrected chi connectivity index (χ3v) is 9.26. The first-order valence-corrected chi connectivity index (χ1v) is 16.2. The van der Waals surface area contributed by atoms with Crippen molar-refractivity contribution in [2.75, 3.05) is 32.1 Å². The van der Waals surface area contributed by atoms with Gasteiger partial charge in [-0.05, 0) is 49.6 Å². The first-order chi connectivity index (χ1) is 21.6. The Morgan fingerprint density at radius 2 is 1.89 bits per heavy atom. The summed E-state index contributed by atoms with van der Waals surface area (Å²) in [6, 6.07) is 13.1. The number of amides is 4. The van der Waals surface area contributed by atoms with Crippen molar-refractivity contribution in [2.45, 2.75) is 77.0 Å². The van der Waals surface area contributed by atoms with E-state index < -0.39 is 6.10 Å². The molecule has 1 aliphatic heterocycles. The summed E-state index contributed by atoms with van der Waals surface area (Å²) in [4.78, 5) is 43.2. The number of nitrogens with zero attached hydrogens (tertiary/aromatic N) is 3. The predicted octanol–water partition coefficient (Wildman–Crippen LogP) is 4.48. The summed E-state index contributed by atoms with van der Waals surface area (Å²) in [7, 11) is 3.74. The standard InChI is InChI=1S/C35H47N5O5/c1-23-19-40(24(2)22-41)34(43)18-25-16-28(36-33(42)17-26-20-38(3)30-13-9-8-12-29(26)30)14-15-31(25)45-32(23)21-39(4)35(44)37-27-10-6-5-7-11-27/h8-9,12-16,20,23-24,27,32,41H,5-7,10-11,17-19,21-22H2,1-4H3,(H,36,42)(H,37,44)/t23-,24+,32+/m0/s1. The number of aryl methyl sites for hydroxylation is 1. The molecule has 0 bridgehead atoms. The monoisotopic (exact) mass is 617 g/mol. The number of aliphatic hydroxyl groups is 1. The first kappa shape index (κ1) is 32.3. The molecule has 242 valence electrons. The maximum Gasteiger partial charge on any atom is 0.317 e. The molecule has 10 nitrogen and oxygen atoms in total. The quantitative estimate of drug-likeness (QED) is 0.345.